The Labute approximate surface area is 166 Å². The molecule has 0 heterocycles. The maximum atomic E-state index is 10.4. The number of aliphatic imine (C=N–C) groups is 1. The third-order valence-corrected chi connectivity index (χ3v) is 3.97. The summed E-state index contributed by atoms with van der Waals surface area (Å²) >= 11 is 0. The second kappa shape index (κ2) is 11.0. The zero-order valence-electron chi connectivity index (χ0n) is 16.9. The van der Waals surface area contributed by atoms with E-state index in [9.17, 15) is 5.11 Å². The van der Waals surface area contributed by atoms with Crippen molar-refractivity contribution in [1.82, 2.24) is 5.32 Å². The smallest absolute Gasteiger partial charge is 0.195 e. The van der Waals surface area contributed by atoms with Crippen molar-refractivity contribution in [1.29, 1.82) is 0 Å². The largest absolute Gasteiger partial charge is 0.497 e. The van der Waals surface area contributed by atoms with Crippen LogP contribution in [0.5, 0.6) is 17.2 Å². The average molecular weight is 387 g/mol. The van der Waals surface area contributed by atoms with E-state index in [1.54, 1.807) is 20.3 Å². The monoisotopic (exact) mass is 387 g/mol. The van der Waals surface area contributed by atoms with E-state index in [2.05, 4.69) is 15.6 Å². The number of nitrogens with one attached hydrogen (secondary N) is 2. The molecule has 0 aromatic heterocycles. The quantitative estimate of drug-likeness (QED) is 0.453. The molecule has 7 heteroatoms. The number of aliphatic hydroxyl groups is 1. The number of benzene rings is 2. The predicted molar refractivity (Wildman–Crippen MR) is 112 cm³/mol. The van der Waals surface area contributed by atoms with Crippen molar-refractivity contribution < 1.29 is 19.3 Å². The van der Waals surface area contributed by atoms with Gasteiger partial charge in [-0.2, -0.15) is 0 Å². The van der Waals surface area contributed by atoms with E-state index in [1.165, 1.54) is 0 Å². The van der Waals surface area contributed by atoms with Gasteiger partial charge in [0.05, 0.1) is 33.5 Å². The Morgan fingerprint density at radius 1 is 1.07 bits per heavy atom. The minimum Gasteiger partial charge on any atom is -0.497 e. The van der Waals surface area contributed by atoms with Crippen LogP contribution in [0.25, 0.3) is 0 Å². The molecule has 0 saturated carbocycles. The van der Waals surface area contributed by atoms with Gasteiger partial charge in [0.25, 0.3) is 0 Å². The van der Waals surface area contributed by atoms with Gasteiger partial charge in [0.2, 0.25) is 0 Å². The van der Waals surface area contributed by atoms with Crippen LogP contribution in [0.3, 0.4) is 0 Å². The first-order valence-corrected chi connectivity index (χ1v) is 9.29. The highest BCUT2D eigenvalue weighted by molar-refractivity contribution is 5.93. The fourth-order valence-corrected chi connectivity index (χ4v) is 2.60. The summed E-state index contributed by atoms with van der Waals surface area (Å²) in [6, 6.07) is 12.9. The molecule has 2 aromatic rings. The standard InChI is InChI=1S/C21H29N3O4/c1-5-22-21(23-14-18(25)15-8-7-9-17(12-15)26-3)24-16-10-11-19(28-6-2)20(13-16)27-4/h7-13,18,25H,5-6,14H2,1-4H3,(H2,22,23,24). The van der Waals surface area contributed by atoms with Crippen LogP contribution in [-0.2, 0) is 0 Å². The molecule has 152 valence electrons. The highest BCUT2D eigenvalue weighted by Crippen LogP contribution is 2.30. The fraction of sp³-hybridized carbons (Fsp3) is 0.381. The molecular weight excluding hydrogens is 358 g/mol. The van der Waals surface area contributed by atoms with E-state index >= 15 is 0 Å². The predicted octanol–water partition coefficient (Wildman–Crippen LogP) is 3.21. The number of ether oxygens (including phenoxy) is 3. The van der Waals surface area contributed by atoms with E-state index in [1.807, 2.05) is 50.2 Å². The Balaban J connectivity index is 2.11. The number of guanidine groups is 1. The van der Waals surface area contributed by atoms with Crippen molar-refractivity contribution in [3.05, 3.63) is 48.0 Å². The summed E-state index contributed by atoms with van der Waals surface area (Å²) in [6.07, 6.45) is -0.736. The maximum absolute atomic E-state index is 10.4. The van der Waals surface area contributed by atoms with Gasteiger partial charge in [0.1, 0.15) is 5.75 Å². The molecule has 0 radical (unpaired) electrons. The van der Waals surface area contributed by atoms with Gasteiger partial charge in [0, 0.05) is 18.3 Å². The highest BCUT2D eigenvalue weighted by atomic mass is 16.5. The zero-order valence-corrected chi connectivity index (χ0v) is 16.9. The van der Waals surface area contributed by atoms with Gasteiger partial charge in [-0.1, -0.05) is 12.1 Å². The molecule has 28 heavy (non-hydrogen) atoms. The number of anilines is 1. The molecule has 0 aliphatic heterocycles. The second-order valence-electron chi connectivity index (χ2n) is 5.94. The summed E-state index contributed by atoms with van der Waals surface area (Å²) in [4.78, 5) is 4.49. The summed E-state index contributed by atoms with van der Waals surface area (Å²) in [7, 11) is 3.20. The van der Waals surface area contributed by atoms with Crippen molar-refractivity contribution >= 4 is 11.6 Å². The SMILES string of the molecule is CCNC(=NCC(O)c1cccc(OC)c1)Nc1ccc(OCC)c(OC)c1. The number of aliphatic hydroxyl groups excluding tert-OH is 1. The number of hydrogen-bond donors (Lipinski definition) is 3. The Bertz CT molecular complexity index is 780. The molecule has 0 aliphatic rings. The van der Waals surface area contributed by atoms with Crippen molar-refractivity contribution in [3.63, 3.8) is 0 Å². The molecule has 2 aromatic carbocycles. The summed E-state index contributed by atoms with van der Waals surface area (Å²) < 4.78 is 16.1. The van der Waals surface area contributed by atoms with Crippen LogP contribution in [0.2, 0.25) is 0 Å². The number of rotatable bonds is 9. The molecular formula is C21H29N3O4. The molecule has 0 saturated heterocycles. The van der Waals surface area contributed by atoms with Crippen molar-refractivity contribution in [2.24, 2.45) is 4.99 Å². The lowest BCUT2D eigenvalue weighted by molar-refractivity contribution is 0.187. The van der Waals surface area contributed by atoms with Gasteiger partial charge in [0.15, 0.2) is 17.5 Å². The van der Waals surface area contributed by atoms with Crippen LogP contribution in [0.1, 0.15) is 25.5 Å². The average Bonchev–Trinajstić information content (AvgIpc) is 2.73. The molecule has 2 rings (SSSR count). The first-order valence-electron chi connectivity index (χ1n) is 9.29. The first kappa shape index (κ1) is 21.4. The van der Waals surface area contributed by atoms with Gasteiger partial charge >= 0.3 is 0 Å². The molecule has 0 bridgehead atoms. The Morgan fingerprint density at radius 2 is 1.89 bits per heavy atom. The zero-order chi connectivity index (χ0) is 20.4. The fourth-order valence-electron chi connectivity index (χ4n) is 2.60. The van der Waals surface area contributed by atoms with Crippen LogP contribution in [0.4, 0.5) is 5.69 Å². The normalized spacial score (nSPS) is 12.2. The molecule has 0 amide bonds. The van der Waals surface area contributed by atoms with Gasteiger partial charge in [-0.3, -0.25) is 0 Å². The lowest BCUT2D eigenvalue weighted by Crippen LogP contribution is -2.31. The van der Waals surface area contributed by atoms with Crippen LogP contribution in [0, 0.1) is 0 Å². The lowest BCUT2D eigenvalue weighted by Gasteiger charge is -2.15. The molecule has 1 atom stereocenters. The van der Waals surface area contributed by atoms with Crippen LogP contribution < -0.4 is 24.8 Å². The Kier molecular flexibility index (Phi) is 8.42. The summed E-state index contributed by atoms with van der Waals surface area (Å²) in [5.41, 5.74) is 1.55. The number of hydrogen-bond acceptors (Lipinski definition) is 5. The van der Waals surface area contributed by atoms with Gasteiger partial charge in [-0.25, -0.2) is 4.99 Å². The van der Waals surface area contributed by atoms with Gasteiger partial charge < -0.3 is 30.0 Å². The van der Waals surface area contributed by atoms with E-state index in [0.717, 1.165) is 11.3 Å². The number of nitrogens with zero attached hydrogens (tertiary/aromatic N) is 1. The topological polar surface area (TPSA) is 84.3 Å². The maximum Gasteiger partial charge on any atom is 0.195 e. The lowest BCUT2D eigenvalue weighted by atomic mass is 10.1. The summed E-state index contributed by atoms with van der Waals surface area (Å²) in [6.45, 7) is 5.37. The van der Waals surface area contributed by atoms with Gasteiger partial charge in [-0.05, 0) is 43.7 Å². The van der Waals surface area contributed by atoms with Crippen molar-refractivity contribution in [2.45, 2.75) is 20.0 Å². The van der Waals surface area contributed by atoms with Crippen molar-refractivity contribution in [2.75, 3.05) is 39.2 Å². The molecule has 0 spiro atoms. The molecule has 3 N–H and O–H groups in total. The van der Waals surface area contributed by atoms with Crippen LogP contribution in [0.15, 0.2) is 47.5 Å². The van der Waals surface area contributed by atoms with E-state index in [-0.39, 0.29) is 6.54 Å². The van der Waals surface area contributed by atoms with Crippen LogP contribution >= 0.6 is 0 Å². The Morgan fingerprint density at radius 3 is 2.57 bits per heavy atom. The van der Waals surface area contributed by atoms with E-state index < -0.39 is 6.10 Å². The van der Waals surface area contributed by atoms with Crippen LogP contribution in [-0.4, -0.2) is 45.0 Å². The molecule has 1 unspecified atom stereocenters. The second-order valence-corrected chi connectivity index (χ2v) is 5.94. The number of methoxy groups -OCH3 is 2. The highest BCUT2D eigenvalue weighted by Gasteiger charge is 2.10. The van der Waals surface area contributed by atoms with E-state index in [4.69, 9.17) is 14.2 Å². The van der Waals surface area contributed by atoms with Crippen molar-refractivity contribution in [3.8, 4) is 17.2 Å². The third-order valence-electron chi connectivity index (χ3n) is 3.97. The molecule has 0 fully saturated rings. The van der Waals surface area contributed by atoms with E-state index in [0.29, 0.717) is 36.4 Å². The Hall–Kier alpha value is -2.93. The minimum absolute atomic E-state index is 0.205. The molecule has 0 aliphatic carbocycles. The third kappa shape index (κ3) is 6.06. The first-order chi connectivity index (χ1) is 13.6. The summed E-state index contributed by atoms with van der Waals surface area (Å²) in [5.74, 6) is 2.59. The molecule has 7 nitrogen and oxygen atoms in total. The summed E-state index contributed by atoms with van der Waals surface area (Å²) in [5, 5.41) is 16.8. The minimum atomic E-state index is -0.736. The van der Waals surface area contributed by atoms with Gasteiger partial charge in [-0.15, -0.1) is 0 Å².